The van der Waals surface area contributed by atoms with Crippen LogP contribution in [0, 0.1) is 6.92 Å². The Hall–Kier alpha value is -3.09. The number of aryl methyl sites for hydroxylation is 2. The van der Waals surface area contributed by atoms with Crippen LogP contribution in [0.15, 0.2) is 39.5 Å². The molecule has 1 amide bonds. The number of carbonyl (C=O) groups excluding carboxylic acids is 2. The number of nitrogens with one attached hydrogen (secondary N) is 1. The third-order valence-electron chi connectivity index (χ3n) is 5.74. The molecule has 0 radical (unpaired) electrons. The third kappa shape index (κ3) is 3.77. The second kappa shape index (κ2) is 7.73. The van der Waals surface area contributed by atoms with Crippen LogP contribution >= 0.6 is 0 Å². The molecular formula is C22H25N3O4. The second-order valence-electron chi connectivity index (χ2n) is 7.67. The summed E-state index contributed by atoms with van der Waals surface area (Å²) in [7, 11) is 0. The van der Waals surface area contributed by atoms with Gasteiger partial charge >= 0.3 is 5.69 Å². The van der Waals surface area contributed by atoms with Gasteiger partial charge in [0.15, 0.2) is 5.78 Å². The van der Waals surface area contributed by atoms with Gasteiger partial charge in [0.05, 0.1) is 16.6 Å². The van der Waals surface area contributed by atoms with Gasteiger partial charge in [-0.15, -0.1) is 0 Å². The number of aromatic amines is 1. The number of rotatable bonds is 5. The van der Waals surface area contributed by atoms with E-state index in [9.17, 15) is 14.4 Å². The number of hydrogen-bond acceptors (Lipinski definition) is 4. The van der Waals surface area contributed by atoms with Gasteiger partial charge in [-0.1, -0.05) is 12.1 Å². The van der Waals surface area contributed by atoms with Crippen LogP contribution in [0.2, 0.25) is 0 Å². The molecule has 1 saturated heterocycles. The second-order valence-corrected chi connectivity index (χ2v) is 7.67. The number of fused-ring (bicyclic) bond motifs is 1. The Labute approximate surface area is 168 Å². The highest BCUT2D eigenvalue weighted by atomic mass is 16.3. The van der Waals surface area contributed by atoms with E-state index in [1.165, 1.54) is 6.92 Å². The van der Waals surface area contributed by atoms with Gasteiger partial charge in [-0.05, 0) is 44.9 Å². The van der Waals surface area contributed by atoms with Crippen molar-refractivity contribution in [2.45, 2.75) is 45.6 Å². The summed E-state index contributed by atoms with van der Waals surface area (Å²) in [6.07, 6.45) is 2.33. The molecule has 0 atom stereocenters. The summed E-state index contributed by atoms with van der Waals surface area (Å²) < 4.78 is 7.43. The third-order valence-corrected chi connectivity index (χ3v) is 5.74. The number of carbonyl (C=O) groups is 2. The van der Waals surface area contributed by atoms with Crippen LogP contribution in [0.5, 0.6) is 0 Å². The van der Waals surface area contributed by atoms with Crippen LogP contribution in [-0.4, -0.2) is 39.2 Å². The number of furan rings is 1. The minimum Gasteiger partial charge on any atom is -0.466 e. The van der Waals surface area contributed by atoms with Crippen molar-refractivity contribution < 1.29 is 14.0 Å². The quantitative estimate of drug-likeness (QED) is 0.672. The number of amides is 1. The topological polar surface area (TPSA) is 88.3 Å². The largest absolute Gasteiger partial charge is 0.466 e. The van der Waals surface area contributed by atoms with E-state index in [2.05, 4.69) is 4.98 Å². The monoisotopic (exact) mass is 395 g/mol. The zero-order chi connectivity index (χ0) is 20.5. The maximum Gasteiger partial charge on any atom is 0.326 e. The van der Waals surface area contributed by atoms with Crippen LogP contribution in [0.4, 0.5) is 0 Å². The van der Waals surface area contributed by atoms with E-state index < -0.39 is 0 Å². The molecule has 1 aliphatic heterocycles. The average molecular weight is 395 g/mol. The number of H-pyrrole nitrogens is 1. The molecular weight excluding hydrogens is 370 g/mol. The Balaban J connectivity index is 1.36. The van der Waals surface area contributed by atoms with Gasteiger partial charge in [0.2, 0.25) is 5.91 Å². The highest BCUT2D eigenvalue weighted by Gasteiger charge is 2.26. The first-order valence-electron chi connectivity index (χ1n) is 10.0. The van der Waals surface area contributed by atoms with Crippen LogP contribution in [0.3, 0.4) is 0 Å². The molecule has 0 saturated carbocycles. The molecule has 0 bridgehead atoms. The molecule has 7 heteroatoms. The van der Waals surface area contributed by atoms with Gasteiger partial charge < -0.3 is 14.3 Å². The first kappa shape index (κ1) is 19.2. The van der Waals surface area contributed by atoms with Crippen molar-refractivity contribution in [3.05, 3.63) is 57.9 Å². The highest BCUT2D eigenvalue weighted by molar-refractivity contribution is 5.95. The summed E-state index contributed by atoms with van der Waals surface area (Å²) in [5, 5.41) is 0. The van der Waals surface area contributed by atoms with Crippen molar-refractivity contribution in [2.24, 2.45) is 0 Å². The number of nitrogens with zero attached hydrogens (tertiary/aromatic N) is 2. The van der Waals surface area contributed by atoms with Crippen molar-refractivity contribution in [2.75, 3.05) is 13.1 Å². The number of piperidine rings is 1. The van der Waals surface area contributed by atoms with Crippen LogP contribution in [-0.2, 0) is 11.2 Å². The van der Waals surface area contributed by atoms with Gasteiger partial charge in [-0.2, -0.15) is 0 Å². The molecule has 1 fully saturated rings. The molecule has 1 aliphatic rings. The van der Waals surface area contributed by atoms with Gasteiger partial charge in [-0.3, -0.25) is 14.2 Å². The standard InChI is InChI=1S/C22H25N3O4/c1-14(26)18-13-17(29-15(18)2)7-8-21(27)24-11-9-16(10-12-24)25-20-6-4-3-5-19(20)23-22(25)28/h3-6,13,16H,7-12H2,1-2H3,(H,23,28). The summed E-state index contributed by atoms with van der Waals surface area (Å²) >= 11 is 0. The fraction of sp³-hybridized carbons (Fsp3) is 0.409. The number of para-hydroxylation sites is 2. The summed E-state index contributed by atoms with van der Waals surface area (Å²) in [6, 6.07) is 9.52. The molecule has 2 aromatic heterocycles. The van der Waals surface area contributed by atoms with Gasteiger partial charge in [-0.25, -0.2) is 4.79 Å². The van der Waals surface area contributed by atoms with Crippen molar-refractivity contribution in [1.82, 2.24) is 14.5 Å². The smallest absolute Gasteiger partial charge is 0.326 e. The van der Waals surface area contributed by atoms with Gasteiger partial charge in [0, 0.05) is 32.0 Å². The normalized spacial score (nSPS) is 15.2. The first-order chi connectivity index (χ1) is 13.9. The number of likely N-dealkylation sites (tertiary alicyclic amines) is 1. The first-order valence-corrected chi connectivity index (χ1v) is 10.0. The van der Waals surface area contributed by atoms with Gasteiger partial charge in [0.1, 0.15) is 11.5 Å². The lowest BCUT2D eigenvalue weighted by Crippen LogP contribution is -2.40. The minimum absolute atomic E-state index is 0.0292. The molecule has 0 unspecified atom stereocenters. The summed E-state index contributed by atoms with van der Waals surface area (Å²) in [5.74, 6) is 1.32. The summed E-state index contributed by atoms with van der Waals surface area (Å²) in [5.41, 5.74) is 2.24. The Morgan fingerprint density at radius 3 is 2.62 bits per heavy atom. The number of benzene rings is 1. The van der Waals surface area contributed by atoms with E-state index in [0.29, 0.717) is 43.0 Å². The minimum atomic E-state index is -0.0922. The zero-order valence-electron chi connectivity index (χ0n) is 16.7. The molecule has 1 aromatic carbocycles. The lowest BCUT2D eigenvalue weighted by Gasteiger charge is -2.32. The molecule has 3 aromatic rings. The van der Waals surface area contributed by atoms with E-state index in [1.807, 2.05) is 33.7 Å². The van der Waals surface area contributed by atoms with E-state index in [0.717, 1.165) is 23.9 Å². The van der Waals surface area contributed by atoms with Crippen molar-refractivity contribution in [1.29, 1.82) is 0 Å². The van der Waals surface area contributed by atoms with Crippen molar-refractivity contribution >= 4 is 22.7 Å². The van der Waals surface area contributed by atoms with Crippen molar-refractivity contribution in [3.63, 3.8) is 0 Å². The zero-order valence-corrected chi connectivity index (χ0v) is 16.7. The predicted molar refractivity (Wildman–Crippen MR) is 109 cm³/mol. The summed E-state index contributed by atoms with van der Waals surface area (Å²) in [4.78, 5) is 41.3. The SMILES string of the molecule is CC(=O)c1cc(CCC(=O)N2CCC(n3c(=O)[nH]c4ccccc43)CC2)oc1C. The molecule has 152 valence electrons. The maximum absolute atomic E-state index is 12.6. The molecule has 0 aliphatic carbocycles. The van der Waals surface area contributed by atoms with E-state index in [4.69, 9.17) is 4.42 Å². The number of aromatic nitrogens is 2. The number of Topliss-reactive ketones (excluding diaryl/α,β-unsaturated/α-hetero) is 1. The lowest BCUT2D eigenvalue weighted by molar-refractivity contribution is -0.132. The predicted octanol–water partition coefficient (Wildman–Crippen LogP) is 3.23. The molecule has 7 nitrogen and oxygen atoms in total. The van der Waals surface area contributed by atoms with Crippen LogP contribution in [0.1, 0.15) is 54.1 Å². The molecule has 29 heavy (non-hydrogen) atoms. The molecule has 3 heterocycles. The lowest BCUT2D eigenvalue weighted by atomic mass is 10.0. The maximum atomic E-state index is 12.6. The number of ketones is 1. The highest BCUT2D eigenvalue weighted by Crippen LogP contribution is 2.25. The Morgan fingerprint density at radius 2 is 1.93 bits per heavy atom. The Morgan fingerprint density at radius 1 is 1.21 bits per heavy atom. The fourth-order valence-electron chi connectivity index (χ4n) is 4.21. The Kier molecular flexibility index (Phi) is 5.13. The molecule has 1 N–H and O–H groups in total. The summed E-state index contributed by atoms with van der Waals surface area (Å²) in [6.45, 7) is 4.53. The molecule has 0 spiro atoms. The van der Waals surface area contributed by atoms with E-state index in [1.54, 1.807) is 13.0 Å². The van der Waals surface area contributed by atoms with Crippen LogP contribution < -0.4 is 5.69 Å². The van der Waals surface area contributed by atoms with Crippen molar-refractivity contribution in [3.8, 4) is 0 Å². The molecule has 4 rings (SSSR count). The average Bonchev–Trinajstić information content (AvgIpc) is 3.25. The van der Waals surface area contributed by atoms with Gasteiger partial charge in [0.25, 0.3) is 0 Å². The van der Waals surface area contributed by atoms with E-state index >= 15 is 0 Å². The fourth-order valence-corrected chi connectivity index (χ4v) is 4.21. The number of imidazole rings is 1. The van der Waals surface area contributed by atoms with Crippen LogP contribution in [0.25, 0.3) is 11.0 Å². The Bertz CT molecular complexity index is 1110. The number of hydrogen-bond donors (Lipinski definition) is 1. The van der Waals surface area contributed by atoms with E-state index in [-0.39, 0.29) is 23.4 Å².